The maximum absolute atomic E-state index is 4.41. The highest BCUT2D eigenvalue weighted by atomic mass is 79.9. The summed E-state index contributed by atoms with van der Waals surface area (Å²) in [5.74, 6) is 0. The summed E-state index contributed by atoms with van der Waals surface area (Å²) in [4.78, 5) is 6.88. The summed E-state index contributed by atoms with van der Waals surface area (Å²) in [6.07, 6.45) is 1.91. The number of nitrogens with zero attached hydrogens (tertiary/aromatic N) is 2. The van der Waals surface area contributed by atoms with Crippen molar-refractivity contribution >= 4 is 26.8 Å². The number of rotatable bonds is 5. The zero-order valence-electron chi connectivity index (χ0n) is 10.9. The summed E-state index contributed by atoms with van der Waals surface area (Å²) in [5, 5.41) is 2.27. The van der Waals surface area contributed by atoms with E-state index in [2.05, 4.69) is 63.9 Å². The van der Waals surface area contributed by atoms with Crippen LogP contribution in [0.15, 0.2) is 36.5 Å². The van der Waals surface area contributed by atoms with Gasteiger partial charge in [0.1, 0.15) is 0 Å². The highest BCUT2D eigenvalue weighted by molar-refractivity contribution is 9.09. The molecule has 3 heteroatoms. The summed E-state index contributed by atoms with van der Waals surface area (Å²) in [5.41, 5.74) is 2.44. The van der Waals surface area contributed by atoms with E-state index in [-0.39, 0.29) is 0 Å². The van der Waals surface area contributed by atoms with Crippen molar-refractivity contribution in [1.82, 2.24) is 9.88 Å². The molecule has 0 radical (unpaired) electrons. The Labute approximate surface area is 117 Å². The van der Waals surface area contributed by atoms with Crippen LogP contribution in [0.4, 0.5) is 0 Å². The Hall–Kier alpha value is -0.930. The van der Waals surface area contributed by atoms with E-state index in [4.69, 9.17) is 0 Å². The van der Waals surface area contributed by atoms with E-state index in [1.165, 1.54) is 10.9 Å². The van der Waals surface area contributed by atoms with Crippen LogP contribution in [-0.4, -0.2) is 27.8 Å². The molecule has 18 heavy (non-hydrogen) atoms. The van der Waals surface area contributed by atoms with Gasteiger partial charge in [-0.15, -0.1) is 0 Å². The zero-order valence-corrected chi connectivity index (χ0v) is 12.5. The third-order valence-electron chi connectivity index (χ3n) is 3.21. The van der Waals surface area contributed by atoms with Gasteiger partial charge in [-0.2, -0.15) is 0 Å². The Kier molecular flexibility index (Phi) is 4.72. The van der Waals surface area contributed by atoms with Gasteiger partial charge >= 0.3 is 0 Å². The number of hydrogen-bond donors (Lipinski definition) is 0. The topological polar surface area (TPSA) is 16.1 Å². The third kappa shape index (κ3) is 3.09. The van der Waals surface area contributed by atoms with Crippen molar-refractivity contribution in [2.75, 3.05) is 11.9 Å². The first kappa shape index (κ1) is 13.5. The fraction of sp³-hybridized carbons (Fsp3) is 0.400. The molecular formula is C15H19BrN2. The van der Waals surface area contributed by atoms with Crippen LogP contribution in [0.1, 0.15) is 19.4 Å². The lowest BCUT2D eigenvalue weighted by atomic mass is 10.1. The molecule has 1 aromatic carbocycles. The zero-order chi connectivity index (χ0) is 13.0. The first-order valence-corrected chi connectivity index (χ1v) is 7.47. The number of para-hydroxylation sites is 1. The van der Waals surface area contributed by atoms with Gasteiger partial charge in [0.2, 0.25) is 0 Å². The van der Waals surface area contributed by atoms with Gasteiger partial charge in [-0.1, -0.05) is 34.1 Å². The van der Waals surface area contributed by atoms with Crippen molar-refractivity contribution in [2.24, 2.45) is 0 Å². The van der Waals surface area contributed by atoms with Crippen molar-refractivity contribution in [3.8, 4) is 0 Å². The highest BCUT2D eigenvalue weighted by Crippen LogP contribution is 2.18. The van der Waals surface area contributed by atoms with E-state index in [1.807, 2.05) is 12.3 Å². The first-order valence-electron chi connectivity index (χ1n) is 6.35. The second kappa shape index (κ2) is 6.30. The van der Waals surface area contributed by atoms with Crippen LogP contribution >= 0.6 is 15.9 Å². The quantitative estimate of drug-likeness (QED) is 0.780. The largest absolute Gasteiger partial charge is 0.296 e. The SMILES string of the molecule is CC(C)N(CCBr)Cc1ccnc2ccccc12. The van der Waals surface area contributed by atoms with Gasteiger partial charge in [0, 0.05) is 36.0 Å². The maximum Gasteiger partial charge on any atom is 0.0705 e. The van der Waals surface area contributed by atoms with Crippen molar-refractivity contribution in [3.63, 3.8) is 0 Å². The third-order valence-corrected chi connectivity index (χ3v) is 3.57. The monoisotopic (exact) mass is 306 g/mol. The minimum atomic E-state index is 0.550. The van der Waals surface area contributed by atoms with Crippen LogP contribution in [0, 0.1) is 0 Å². The van der Waals surface area contributed by atoms with Crippen LogP contribution in [0.25, 0.3) is 10.9 Å². The molecular weight excluding hydrogens is 288 g/mol. The van der Waals surface area contributed by atoms with Crippen LogP contribution < -0.4 is 0 Å². The highest BCUT2D eigenvalue weighted by Gasteiger charge is 2.11. The predicted octanol–water partition coefficient (Wildman–Crippen LogP) is 3.84. The Morgan fingerprint density at radius 3 is 2.72 bits per heavy atom. The first-order chi connectivity index (χ1) is 8.72. The molecule has 0 fully saturated rings. The molecule has 0 aliphatic rings. The van der Waals surface area contributed by atoms with Gasteiger partial charge in [-0.25, -0.2) is 0 Å². The standard InChI is InChI=1S/C15H19BrN2/c1-12(2)18(10-8-16)11-13-7-9-17-15-6-4-3-5-14(13)15/h3-7,9,12H,8,10-11H2,1-2H3. The smallest absolute Gasteiger partial charge is 0.0705 e. The van der Waals surface area contributed by atoms with E-state index in [0.717, 1.165) is 23.9 Å². The van der Waals surface area contributed by atoms with Crippen molar-refractivity contribution in [1.29, 1.82) is 0 Å². The molecule has 1 aromatic heterocycles. The van der Waals surface area contributed by atoms with Crippen molar-refractivity contribution in [2.45, 2.75) is 26.4 Å². The molecule has 2 nitrogen and oxygen atoms in total. The van der Waals surface area contributed by atoms with Crippen LogP contribution in [0.5, 0.6) is 0 Å². The molecule has 0 bridgehead atoms. The second-order valence-corrected chi connectivity index (χ2v) is 5.53. The lowest BCUT2D eigenvalue weighted by molar-refractivity contribution is 0.228. The number of alkyl halides is 1. The summed E-state index contributed by atoms with van der Waals surface area (Å²) in [7, 11) is 0. The lowest BCUT2D eigenvalue weighted by Crippen LogP contribution is -2.32. The molecule has 0 aliphatic heterocycles. The minimum absolute atomic E-state index is 0.550. The molecule has 0 atom stereocenters. The molecule has 0 unspecified atom stereocenters. The Balaban J connectivity index is 2.30. The number of aromatic nitrogens is 1. The summed E-state index contributed by atoms with van der Waals surface area (Å²) in [6, 6.07) is 11.0. The Morgan fingerprint density at radius 2 is 2.00 bits per heavy atom. The summed E-state index contributed by atoms with van der Waals surface area (Å²) < 4.78 is 0. The van der Waals surface area contributed by atoms with Gasteiger partial charge in [0.25, 0.3) is 0 Å². The van der Waals surface area contributed by atoms with Crippen LogP contribution in [0.2, 0.25) is 0 Å². The van der Waals surface area contributed by atoms with E-state index in [1.54, 1.807) is 0 Å². The van der Waals surface area contributed by atoms with E-state index < -0.39 is 0 Å². The van der Waals surface area contributed by atoms with Crippen LogP contribution in [-0.2, 0) is 6.54 Å². The number of fused-ring (bicyclic) bond motifs is 1. The number of hydrogen-bond acceptors (Lipinski definition) is 2. The lowest BCUT2D eigenvalue weighted by Gasteiger charge is -2.26. The maximum atomic E-state index is 4.41. The van der Waals surface area contributed by atoms with Crippen LogP contribution in [0.3, 0.4) is 0 Å². The van der Waals surface area contributed by atoms with E-state index in [9.17, 15) is 0 Å². The molecule has 2 rings (SSSR count). The Morgan fingerprint density at radius 1 is 1.22 bits per heavy atom. The van der Waals surface area contributed by atoms with Gasteiger partial charge in [0.05, 0.1) is 5.52 Å². The number of halogens is 1. The summed E-state index contributed by atoms with van der Waals surface area (Å²) >= 11 is 3.53. The molecule has 2 aromatic rings. The average molecular weight is 307 g/mol. The normalized spacial score (nSPS) is 11.6. The molecule has 0 amide bonds. The second-order valence-electron chi connectivity index (χ2n) is 4.74. The van der Waals surface area contributed by atoms with Gasteiger partial charge in [0.15, 0.2) is 0 Å². The molecule has 0 N–H and O–H groups in total. The predicted molar refractivity (Wildman–Crippen MR) is 81.1 cm³/mol. The van der Waals surface area contributed by atoms with E-state index in [0.29, 0.717) is 6.04 Å². The number of benzene rings is 1. The molecule has 0 saturated carbocycles. The molecule has 96 valence electrons. The fourth-order valence-corrected chi connectivity index (χ4v) is 2.60. The average Bonchev–Trinajstić information content (AvgIpc) is 2.38. The molecule has 0 aliphatic carbocycles. The van der Waals surface area contributed by atoms with E-state index >= 15 is 0 Å². The van der Waals surface area contributed by atoms with Crippen molar-refractivity contribution < 1.29 is 0 Å². The minimum Gasteiger partial charge on any atom is -0.296 e. The van der Waals surface area contributed by atoms with Crippen molar-refractivity contribution in [3.05, 3.63) is 42.1 Å². The fourth-order valence-electron chi connectivity index (χ4n) is 2.14. The summed E-state index contributed by atoms with van der Waals surface area (Å²) in [6.45, 7) is 6.53. The molecule has 0 saturated heterocycles. The van der Waals surface area contributed by atoms with Gasteiger partial charge in [-0.3, -0.25) is 9.88 Å². The molecule has 0 spiro atoms. The molecule has 1 heterocycles. The van der Waals surface area contributed by atoms with Gasteiger partial charge < -0.3 is 0 Å². The number of pyridine rings is 1. The Bertz CT molecular complexity index is 505. The van der Waals surface area contributed by atoms with Gasteiger partial charge in [-0.05, 0) is 31.5 Å².